The van der Waals surface area contributed by atoms with E-state index in [1.165, 1.54) is 0 Å². The van der Waals surface area contributed by atoms with Crippen molar-refractivity contribution in [3.8, 4) is 0 Å². The molecule has 1 aliphatic heterocycles. The number of nitrogens with two attached hydrogens (primary N) is 1. The number of rotatable bonds is 5. The SMILES string of the molecule is CCC(NC(=O)C1(C(N)=S)CCOCC1)c1ncc[nH]1. The predicted molar refractivity (Wildman–Crippen MR) is 79.0 cm³/mol. The maximum atomic E-state index is 12.7. The highest BCUT2D eigenvalue weighted by molar-refractivity contribution is 7.80. The van der Waals surface area contributed by atoms with E-state index >= 15 is 0 Å². The van der Waals surface area contributed by atoms with Crippen LogP contribution in [0.25, 0.3) is 0 Å². The first-order valence-electron chi connectivity index (χ1n) is 6.78. The fourth-order valence-electron chi connectivity index (χ4n) is 2.43. The van der Waals surface area contributed by atoms with E-state index in [1.807, 2.05) is 6.92 Å². The number of imidazole rings is 1. The molecule has 1 fully saturated rings. The number of aromatic amines is 1. The molecule has 7 heteroatoms. The first-order valence-corrected chi connectivity index (χ1v) is 7.19. The van der Waals surface area contributed by atoms with Crippen LogP contribution >= 0.6 is 12.2 Å². The molecule has 1 atom stereocenters. The molecule has 0 saturated carbocycles. The second-order valence-corrected chi connectivity index (χ2v) is 5.41. The van der Waals surface area contributed by atoms with Gasteiger partial charge in [-0.05, 0) is 19.3 Å². The van der Waals surface area contributed by atoms with Crippen LogP contribution in [0.4, 0.5) is 0 Å². The first-order chi connectivity index (χ1) is 9.60. The number of carbonyl (C=O) groups is 1. The molecule has 1 amide bonds. The zero-order valence-electron chi connectivity index (χ0n) is 11.5. The number of nitrogens with zero attached hydrogens (tertiary/aromatic N) is 1. The smallest absolute Gasteiger partial charge is 0.233 e. The Bertz CT molecular complexity index is 469. The van der Waals surface area contributed by atoms with Gasteiger partial charge in [-0.3, -0.25) is 4.79 Å². The van der Waals surface area contributed by atoms with Gasteiger partial charge in [0.25, 0.3) is 0 Å². The summed E-state index contributed by atoms with van der Waals surface area (Å²) < 4.78 is 5.31. The number of hydrogen-bond donors (Lipinski definition) is 3. The van der Waals surface area contributed by atoms with Crippen LogP contribution in [0.5, 0.6) is 0 Å². The van der Waals surface area contributed by atoms with Crippen LogP contribution in [0, 0.1) is 5.41 Å². The van der Waals surface area contributed by atoms with E-state index in [0.29, 0.717) is 26.1 Å². The van der Waals surface area contributed by atoms with Gasteiger partial charge in [0.1, 0.15) is 11.2 Å². The Hall–Kier alpha value is -1.47. The Morgan fingerprint density at radius 2 is 2.35 bits per heavy atom. The molecule has 0 bridgehead atoms. The highest BCUT2D eigenvalue weighted by atomic mass is 32.1. The summed E-state index contributed by atoms with van der Waals surface area (Å²) in [6.07, 6.45) is 5.21. The average molecular weight is 296 g/mol. The van der Waals surface area contributed by atoms with Crippen LogP contribution in [0.1, 0.15) is 38.1 Å². The largest absolute Gasteiger partial charge is 0.392 e. The van der Waals surface area contributed by atoms with E-state index in [1.54, 1.807) is 12.4 Å². The number of hydrogen-bond acceptors (Lipinski definition) is 4. The Balaban J connectivity index is 2.14. The van der Waals surface area contributed by atoms with E-state index in [4.69, 9.17) is 22.7 Å². The zero-order chi connectivity index (χ0) is 14.6. The van der Waals surface area contributed by atoms with Crippen LogP contribution in [0.2, 0.25) is 0 Å². The third-order valence-electron chi connectivity index (χ3n) is 3.82. The standard InChI is InChI=1S/C13H20N4O2S/c1-2-9(10-15-5-6-16-10)17-12(18)13(11(14)20)3-7-19-8-4-13/h5-6,9H,2-4,7-8H2,1H3,(H2,14,20)(H,15,16)(H,17,18). The van der Waals surface area contributed by atoms with Crippen molar-refractivity contribution in [1.29, 1.82) is 0 Å². The summed E-state index contributed by atoms with van der Waals surface area (Å²) in [7, 11) is 0. The molecule has 0 aliphatic carbocycles. The fraction of sp³-hybridized carbons (Fsp3) is 0.615. The third kappa shape index (κ3) is 2.83. The van der Waals surface area contributed by atoms with Crippen LogP contribution in [-0.2, 0) is 9.53 Å². The van der Waals surface area contributed by atoms with Gasteiger partial charge in [-0.1, -0.05) is 19.1 Å². The molecule has 4 N–H and O–H groups in total. The quantitative estimate of drug-likeness (QED) is 0.707. The van der Waals surface area contributed by atoms with Gasteiger partial charge < -0.3 is 20.8 Å². The summed E-state index contributed by atoms with van der Waals surface area (Å²) in [4.78, 5) is 20.1. The second-order valence-electron chi connectivity index (χ2n) is 4.97. The zero-order valence-corrected chi connectivity index (χ0v) is 12.3. The monoisotopic (exact) mass is 296 g/mol. The number of carbonyl (C=O) groups excluding carboxylic acids is 1. The molecule has 6 nitrogen and oxygen atoms in total. The van der Waals surface area contributed by atoms with Gasteiger partial charge in [-0.25, -0.2) is 4.98 Å². The van der Waals surface area contributed by atoms with E-state index in [-0.39, 0.29) is 16.9 Å². The van der Waals surface area contributed by atoms with Crippen LogP contribution in [-0.4, -0.2) is 34.1 Å². The lowest BCUT2D eigenvalue weighted by atomic mass is 9.79. The molecule has 1 unspecified atom stereocenters. The van der Waals surface area contributed by atoms with Gasteiger partial charge in [0, 0.05) is 25.6 Å². The molecule has 0 aromatic carbocycles. The predicted octanol–water partition coefficient (Wildman–Crippen LogP) is 1.06. The van der Waals surface area contributed by atoms with Crippen LogP contribution in [0.3, 0.4) is 0 Å². The van der Waals surface area contributed by atoms with E-state index < -0.39 is 5.41 Å². The minimum Gasteiger partial charge on any atom is -0.392 e. The van der Waals surface area contributed by atoms with Gasteiger partial charge in [0.15, 0.2) is 0 Å². The summed E-state index contributed by atoms with van der Waals surface area (Å²) >= 11 is 5.13. The van der Waals surface area contributed by atoms with E-state index in [9.17, 15) is 4.79 Å². The Morgan fingerprint density at radius 3 is 2.85 bits per heavy atom. The molecule has 1 saturated heterocycles. The van der Waals surface area contributed by atoms with E-state index in [0.717, 1.165) is 12.2 Å². The number of aromatic nitrogens is 2. The van der Waals surface area contributed by atoms with Gasteiger partial charge in [-0.2, -0.15) is 0 Å². The number of amides is 1. The summed E-state index contributed by atoms with van der Waals surface area (Å²) in [5, 5.41) is 3.01. The number of nitrogens with one attached hydrogen (secondary N) is 2. The van der Waals surface area contributed by atoms with Crippen LogP contribution < -0.4 is 11.1 Å². The number of ether oxygens (including phenoxy) is 1. The third-order valence-corrected chi connectivity index (χ3v) is 4.21. The van der Waals surface area contributed by atoms with Gasteiger partial charge in [-0.15, -0.1) is 0 Å². The maximum absolute atomic E-state index is 12.7. The maximum Gasteiger partial charge on any atom is 0.233 e. The molecule has 110 valence electrons. The first kappa shape index (κ1) is 14.9. The lowest BCUT2D eigenvalue weighted by Crippen LogP contribution is -2.52. The van der Waals surface area contributed by atoms with Crippen LogP contribution in [0.15, 0.2) is 12.4 Å². The summed E-state index contributed by atoms with van der Waals surface area (Å²) in [5.41, 5.74) is 5.03. The molecule has 0 radical (unpaired) electrons. The van der Waals surface area contributed by atoms with Crippen molar-refractivity contribution in [1.82, 2.24) is 15.3 Å². The van der Waals surface area contributed by atoms with Crippen molar-refractivity contribution < 1.29 is 9.53 Å². The molecule has 1 aromatic heterocycles. The van der Waals surface area contributed by atoms with Crippen molar-refractivity contribution in [3.05, 3.63) is 18.2 Å². The number of thiocarbonyl (C=S) groups is 1. The Kier molecular flexibility index (Phi) is 4.72. The van der Waals surface area contributed by atoms with Crippen molar-refractivity contribution >= 4 is 23.1 Å². The van der Waals surface area contributed by atoms with Crippen molar-refractivity contribution in [2.24, 2.45) is 11.1 Å². The molecular formula is C13H20N4O2S. The Labute approximate surface area is 123 Å². The van der Waals surface area contributed by atoms with Gasteiger partial charge in [0.05, 0.1) is 11.0 Å². The summed E-state index contributed by atoms with van der Waals surface area (Å²) in [5.74, 6) is 0.613. The van der Waals surface area contributed by atoms with Crippen molar-refractivity contribution in [2.45, 2.75) is 32.2 Å². The molecule has 0 spiro atoms. The summed E-state index contributed by atoms with van der Waals surface area (Å²) in [6, 6.07) is -0.161. The van der Waals surface area contributed by atoms with Gasteiger partial charge in [0.2, 0.25) is 5.91 Å². The minimum absolute atomic E-state index is 0.128. The number of H-pyrrole nitrogens is 1. The normalized spacial score (nSPS) is 19.2. The molecule has 2 rings (SSSR count). The van der Waals surface area contributed by atoms with E-state index in [2.05, 4.69) is 15.3 Å². The molecule has 1 aliphatic rings. The minimum atomic E-state index is -0.798. The fourth-order valence-corrected chi connectivity index (χ4v) is 2.73. The molecular weight excluding hydrogens is 276 g/mol. The highest BCUT2D eigenvalue weighted by Crippen LogP contribution is 2.32. The molecule has 1 aromatic rings. The average Bonchev–Trinajstić information content (AvgIpc) is 2.99. The highest BCUT2D eigenvalue weighted by Gasteiger charge is 2.43. The molecule has 2 heterocycles. The topological polar surface area (TPSA) is 93.0 Å². The lowest BCUT2D eigenvalue weighted by molar-refractivity contribution is -0.132. The second kappa shape index (κ2) is 6.32. The summed E-state index contributed by atoms with van der Waals surface area (Å²) in [6.45, 7) is 3.00. The van der Waals surface area contributed by atoms with Gasteiger partial charge >= 0.3 is 0 Å². The van der Waals surface area contributed by atoms with Crippen molar-refractivity contribution in [3.63, 3.8) is 0 Å². The molecule has 20 heavy (non-hydrogen) atoms. The van der Waals surface area contributed by atoms with Crippen molar-refractivity contribution in [2.75, 3.05) is 13.2 Å². The lowest BCUT2D eigenvalue weighted by Gasteiger charge is -2.35. The Morgan fingerprint density at radius 1 is 1.65 bits per heavy atom.